The molecule has 1 fully saturated rings. The van der Waals surface area contributed by atoms with Crippen molar-refractivity contribution in [2.45, 2.75) is 37.6 Å². The summed E-state index contributed by atoms with van der Waals surface area (Å²) < 4.78 is 50.2. The van der Waals surface area contributed by atoms with Gasteiger partial charge in [-0.2, -0.15) is 0 Å². The van der Waals surface area contributed by atoms with E-state index >= 15 is 0 Å². The fourth-order valence-corrected chi connectivity index (χ4v) is 2.67. The maximum absolute atomic E-state index is 13.2. The van der Waals surface area contributed by atoms with E-state index in [0.717, 1.165) is 0 Å². The molecule has 3 nitrogen and oxygen atoms in total. The number of hydrogen-bond donors (Lipinski definition) is 1. The molecule has 84 valence electrons. The van der Waals surface area contributed by atoms with E-state index in [2.05, 4.69) is 15.9 Å². The van der Waals surface area contributed by atoms with Crippen LogP contribution in [0.4, 0.5) is 8.78 Å². The number of rotatable bonds is 3. The molecule has 1 unspecified atom stereocenters. The molecule has 14 heavy (non-hydrogen) atoms. The topological polar surface area (TPSA) is 46.2 Å². The van der Waals surface area contributed by atoms with E-state index < -0.39 is 22.0 Å². The molecular formula is C7H12BrF2NO2S. The molecule has 1 N–H and O–H groups in total. The molecule has 1 aliphatic carbocycles. The third-order valence-electron chi connectivity index (χ3n) is 2.23. The summed E-state index contributed by atoms with van der Waals surface area (Å²) in [7, 11) is -3.60. The predicted octanol–water partition coefficient (Wildman–Crippen LogP) is 1.84. The Labute approximate surface area is 90.4 Å². The monoisotopic (exact) mass is 291 g/mol. The summed E-state index contributed by atoms with van der Waals surface area (Å²) in [6, 6.07) is -1.24. The summed E-state index contributed by atoms with van der Waals surface area (Å²) in [5, 5.41) is 0. The van der Waals surface area contributed by atoms with Crippen LogP contribution in [0, 0.1) is 0 Å². The van der Waals surface area contributed by atoms with E-state index in [1.807, 2.05) is 4.72 Å². The lowest BCUT2D eigenvalue weighted by Crippen LogP contribution is -2.49. The third kappa shape index (κ3) is 3.13. The van der Waals surface area contributed by atoms with Gasteiger partial charge in [0.05, 0.1) is 6.04 Å². The Bertz CT molecular complexity index is 294. The molecule has 1 saturated carbocycles. The molecule has 0 heterocycles. The van der Waals surface area contributed by atoms with Crippen LogP contribution in [-0.4, -0.2) is 25.0 Å². The number of nitrogens with one attached hydrogen (secondary N) is 1. The van der Waals surface area contributed by atoms with E-state index in [1.54, 1.807) is 0 Å². The Hall–Kier alpha value is 0.250. The van der Waals surface area contributed by atoms with E-state index in [4.69, 9.17) is 0 Å². The maximum Gasteiger partial charge on any atom is 0.264 e. The van der Waals surface area contributed by atoms with Crippen LogP contribution in [0.3, 0.4) is 0 Å². The second kappa shape index (κ2) is 4.40. The molecule has 0 aromatic rings. The quantitative estimate of drug-likeness (QED) is 0.807. The Balaban J connectivity index is 2.67. The first-order valence-electron chi connectivity index (χ1n) is 4.31. The Morgan fingerprint density at radius 3 is 2.57 bits per heavy atom. The van der Waals surface area contributed by atoms with Crippen LogP contribution in [0.2, 0.25) is 0 Å². The van der Waals surface area contributed by atoms with Crippen LogP contribution < -0.4 is 4.72 Å². The van der Waals surface area contributed by atoms with Gasteiger partial charge >= 0.3 is 0 Å². The van der Waals surface area contributed by atoms with Gasteiger partial charge in [-0.05, 0) is 12.8 Å². The molecule has 0 amide bonds. The molecule has 0 spiro atoms. The number of hydrogen-bond acceptors (Lipinski definition) is 2. The summed E-state index contributed by atoms with van der Waals surface area (Å²) in [4.78, 5) is 0. The van der Waals surface area contributed by atoms with Crippen molar-refractivity contribution in [2.75, 3.05) is 4.66 Å². The van der Waals surface area contributed by atoms with Crippen molar-refractivity contribution in [2.24, 2.45) is 0 Å². The van der Waals surface area contributed by atoms with Gasteiger partial charge in [0.2, 0.25) is 10.0 Å². The number of halogens is 3. The van der Waals surface area contributed by atoms with Gasteiger partial charge in [-0.15, -0.1) is 0 Å². The highest BCUT2D eigenvalue weighted by Crippen LogP contribution is 2.33. The summed E-state index contributed by atoms with van der Waals surface area (Å²) in [6.07, 6.45) is 1.08. The molecule has 0 bridgehead atoms. The van der Waals surface area contributed by atoms with E-state index in [0.29, 0.717) is 12.8 Å². The Morgan fingerprint density at radius 1 is 1.43 bits per heavy atom. The van der Waals surface area contributed by atoms with Crippen LogP contribution in [-0.2, 0) is 10.0 Å². The SMILES string of the molecule is O=S(=O)(CBr)NC1CCCCC1(F)F. The second-order valence-corrected chi connectivity index (χ2v) is 6.46. The third-order valence-corrected chi connectivity index (χ3v) is 4.97. The van der Waals surface area contributed by atoms with Crippen molar-refractivity contribution >= 4 is 26.0 Å². The minimum absolute atomic E-state index is 0.208. The first-order valence-corrected chi connectivity index (χ1v) is 7.08. The molecule has 1 aliphatic rings. The van der Waals surface area contributed by atoms with Gasteiger partial charge in [-0.25, -0.2) is 21.9 Å². The standard InChI is InChI=1S/C7H12BrF2NO2S/c8-5-14(12,13)11-6-3-1-2-4-7(6,9)10/h6,11H,1-5H2. The van der Waals surface area contributed by atoms with Gasteiger partial charge in [-0.3, -0.25) is 0 Å². The van der Waals surface area contributed by atoms with Crippen molar-refractivity contribution in [3.63, 3.8) is 0 Å². The zero-order chi connectivity index (χ0) is 10.8. The predicted molar refractivity (Wildman–Crippen MR) is 53.1 cm³/mol. The second-order valence-electron chi connectivity index (χ2n) is 3.40. The largest absolute Gasteiger partial charge is 0.264 e. The fourth-order valence-electron chi connectivity index (χ4n) is 1.49. The first kappa shape index (κ1) is 12.3. The Kier molecular flexibility index (Phi) is 3.87. The lowest BCUT2D eigenvalue weighted by atomic mass is 9.92. The Morgan fingerprint density at radius 2 is 2.07 bits per heavy atom. The average molecular weight is 292 g/mol. The zero-order valence-electron chi connectivity index (χ0n) is 7.47. The van der Waals surface area contributed by atoms with Crippen molar-refractivity contribution in [1.29, 1.82) is 0 Å². The van der Waals surface area contributed by atoms with Crippen LogP contribution in [0.15, 0.2) is 0 Å². The average Bonchev–Trinajstić information content (AvgIpc) is 2.09. The smallest absolute Gasteiger partial charge is 0.212 e. The van der Waals surface area contributed by atoms with Gasteiger partial charge in [-0.1, -0.05) is 22.4 Å². The lowest BCUT2D eigenvalue weighted by molar-refractivity contribution is -0.0567. The van der Waals surface area contributed by atoms with Crippen molar-refractivity contribution in [3.8, 4) is 0 Å². The lowest BCUT2D eigenvalue weighted by Gasteiger charge is -2.31. The summed E-state index contributed by atoms with van der Waals surface area (Å²) in [6.45, 7) is 0. The first-order chi connectivity index (χ1) is 6.37. The van der Waals surface area contributed by atoms with Gasteiger partial charge in [0.1, 0.15) is 4.66 Å². The molecular weight excluding hydrogens is 280 g/mol. The molecule has 0 saturated heterocycles. The molecule has 0 aromatic heterocycles. The molecule has 1 atom stereocenters. The van der Waals surface area contributed by atoms with E-state index in [-0.39, 0.29) is 17.5 Å². The highest BCUT2D eigenvalue weighted by Gasteiger charge is 2.43. The van der Waals surface area contributed by atoms with Crippen LogP contribution >= 0.6 is 15.9 Å². The molecule has 0 radical (unpaired) electrons. The van der Waals surface area contributed by atoms with Gasteiger partial charge in [0, 0.05) is 6.42 Å². The fraction of sp³-hybridized carbons (Fsp3) is 1.00. The van der Waals surface area contributed by atoms with E-state index in [1.165, 1.54) is 0 Å². The van der Waals surface area contributed by atoms with E-state index in [9.17, 15) is 17.2 Å². The normalized spacial score (nSPS) is 27.5. The summed E-state index contributed by atoms with van der Waals surface area (Å²) in [5.74, 6) is -2.91. The molecule has 1 rings (SSSR count). The molecule has 7 heteroatoms. The van der Waals surface area contributed by atoms with Gasteiger partial charge < -0.3 is 0 Å². The maximum atomic E-state index is 13.2. The summed E-state index contributed by atoms with van der Waals surface area (Å²) in [5.41, 5.74) is 0. The minimum Gasteiger partial charge on any atom is -0.212 e. The summed E-state index contributed by atoms with van der Waals surface area (Å²) >= 11 is 2.74. The van der Waals surface area contributed by atoms with Crippen LogP contribution in [0.1, 0.15) is 25.7 Å². The molecule has 0 aromatic carbocycles. The number of alkyl halides is 3. The van der Waals surface area contributed by atoms with Gasteiger partial charge in [0.15, 0.2) is 0 Å². The number of sulfonamides is 1. The minimum atomic E-state index is -3.60. The van der Waals surface area contributed by atoms with Crippen molar-refractivity contribution < 1.29 is 17.2 Å². The van der Waals surface area contributed by atoms with Gasteiger partial charge in [0.25, 0.3) is 5.92 Å². The highest BCUT2D eigenvalue weighted by molar-refractivity contribution is 9.10. The van der Waals surface area contributed by atoms with Crippen molar-refractivity contribution in [3.05, 3.63) is 0 Å². The zero-order valence-corrected chi connectivity index (χ0v) is 9.87. The van der Waals surface area contributed by atoms with Crippen LogP contribution in [0.25, 0.3) is 0 Å². The highest BCUT2D eigenvalue weighted by atomic mass is 79.9. The van der Waals surface area contributed by atoms with Crippen LogP contribution in [0.5, 0.6) is 0 Å². The molecule has 0 aliphatic heterocycles. The van der Waals surface area contributed by atoms with Crippen molar-refractivity contribution in [1.82, 2.24) is 4.72 Å².